The molecular weight excluding hydrogens is 204 g/mol. The number of benzene rings is 1. The smallest absolute Gasteiger partial charge is 0.308 e. The lowest BCUT2D eigenvalue weighted by Crippen LogP contribution is -2.25. The van der Waals surface area contributed by atoms with E-state index in [1.807, 2.05) is 43.3 Å². The Morgan fingerprint density at radius 3 is 2.31 bits per heavy atom. The van der Waals surface area contributed by atoms with E-state index in [1.54, 1.807) is 0 Å². The van der Waals surface area contributed by atoms with Gasteiger partial charge in [-0.3, -0.25) is 4.79 Å². The molecule has 1 aromatic rings. The van der Waals surface area contributed by atoms with Crippen molar-refractivity contribution in [2.75, 3.05) is 25.5 Å². The summed E-state index contributed by atoms with van der Waals surface area (Å²) in [6.45, 7) is 0.171. The predicted octanol–water partition coefficient (Wildman–Crippen LogP) is 0.955. The lowest BCUT2D eigenvalue weighted by Gasteiger charge is -2.14. The summed E-state index contributed by atoms with van der Waals surface area (Å²) in [5, 5.41) is 8.89. The number of rotatable bonds is 5. The van der Waals surface area contributed by atoms with Crippen LogP contribution in [0.1, 0.15) is 5.56 Å². The number of hydrogen-bond acceptors (Lipinski definition) is 3. The van der Waals surface area contributed by atoms with Crippen LogP contribution in [-0.4, -0.2) is 31.7 Å². The summed E-state index contributed by atoms with van der Waals surface area (Å²) in [4.78, 5) is 12.8. The van der Waals surface area contributed by atoms with E-state index in [4.69, 9.17) is 10.8 Å². The summed E-state index contributed by atoms with van der Waals surface area (Å²) in [6, 6.07) is 7.84. The van der Waals surface area contributed by atoms with Crippen molar-refractivity contribution >= 4 is 11.7 Å². The van der Waals surface area contributed by atoms with Crippen LogP contribution in [0.3, 0.4) is 0 Å². The first-order valence-electron chi connectivity index (χ1n) is 5.23. The highest BCUT2D eigenvalue weighted by atomic mass is 16.4. The molecule has 0 saturated carbocycles. The Morgan fingerprint density at radius 1 is 1.38 bits per heavy atom. The highest BCUT2D eigenvalue weighted by Gasteiger charge is 2.15. The van der Waals surface area contributed by atoms with Gasteiger partial charge in [0, 0.05) is 26.3 Å². The van der Waals surface area contributed by atoms with E-state index >= 15 is 0 Å². The molecule has 0 saturated heterocycles. The molecule has 0 aromatic heterocycles. The normalized spacial score (nSPS) is 12.2. The van der Waals surface area contributed by atoms with Gasteiger partial charge in [-0.15, -0.1) is 0 Å². The predicted molar refractivity (Wildman–Crippen MR) is 64.7 cm³/mol. The topological polar surface area (TPSA) is 66.6 Å². The van der Waals surface area contributed by atoms with Crippen LogP contribution < -0.4 is 10.6 Å². The minimum atomic E-state index is -0.834. The third-order valence-corrected chi connectivity index (χ3v) is 2.57. The van der Waals surface area contributed by atoms with Crippen LogP contribution in [0, 0.1) is 5.92 Å². The molecule has 0 amide bonds. The highest BCUT2D eigenvalue weighted by Crippen LogP contribution is 2.15. The SMILES string of the molecule is CN(C)c1ccc(C[C@@H](CN)C(=O)O)cc1. The van der Waals surface area contributed by atoms with Gasteiger partial charge in [-0.05, 0) is 24.1 Å². The summed E-state index contributed by atoms with van der Waals surface area (Å²) < 4.78 is 0. The lowest BCUT2D eigenvalue weighted by molar-refractivity contribution is -0.141. The second-order valence-corrected chi connectivity index (χ2v) is 4.04. The zero-order valence-electron chi connectivity index (χ0n) is 9.68. The molecule has 1 atom stereocenters. The fraction of sp³-hybridized carbons (Fsp3) is 0.417. The first kappa shape index (κ1) is 12.5. The number of carboxylic acids is 1. The number of hydrogen-bond donors (Lipinski definition) is 2. The molecule has 0 spiro atoms. The van der Waals surface area contributed by atoms with E-state index in [9.17, 15) is 4.79 Å². The van der Waals surface area contributed by atoms with Gasteiger partial charge in [0.1, 0.15) is 0 Å². The maximum absolute atomic E-state index is 10.8. The quantitative estimate of drug-likeness (QED) is 0.778. The minimum absolute atomic E-state index is 0.171. The molecule has 0 radical (unpaired) electrons. The van der Waals surface area contributed by atoms with Crippen molar-refractivity contribution in [2.45, 2.75) is 6.42 Å². The van der Waals surface area contributed by atoms with Gasteiger partial charge in [0.25, 0.3) is 0 Å². The first-order chi connectivity index (χ1) is 7.54. The summed E-state index contributed by atoms with van der Waals surface area (Å²) >= 11 is 0. The van der Waals surface area contributed by atoms with Crippen LogP contribution in [0.5, 0.6) is 0 Å². The molecular formula is C12H18N2O2. The molecule has 1 aromatic carbocycles. The van der Waals surface area contributed by atoms with Gasteiger partial charge in [-0.2, -0.15) is 0 Å². The Kier molecular flexibility index (Phi) is 4.31. The average molecular weight is 222 g/mol. The maximum Gasteiger partial charge on any atom is 0.308 e. The Balaban J connectivity index is 2.71. The molecule has 4 nitrogen and oxygen atoms in total. The zero-order chi connectivity index (χ0) is 12.1. The largest absolute Gasteiger partial charge is 0.481 e. The molecule has 0 fully saturated rings. The van der Waals surface area contributed by atoms with Gasteiger partial charge in [-0.25, -0.2) is 0 Å². The van der Waals surface area contributed by atoms with E-state index < -0.39 is 11.9 Å². The van der Waals surface area contributed by atoms with Crippen LogP contribution in [-0.2, 0) is 11.2 Å². The minimum Gasteiger partial charge on any atom is -0.481 e. The lowest BCUT2D eigenvalue weighted by atomic mass is 9.99. The van der Waals surface area contributed by atoms with E-state index in [2.05, 4.69) is 0 Å². The number of aliphatic carboxylic acids is 1. The van der Waals surface area contributed by atoms with Crippen molar-refractivity contribution in [1.82, 2.24) is 0 Å². The third-order valence-electron chi connectivity index (χ3n) is 2.57. The van der Waals surface area contributed by atoms with Crippen molar-refractivity contribution in [3.05, 3.63) is 29.8 Å². The van der Waals surface area contributed by atoms with Crippen molar-refractivity contribution < 1.29 is 9.90 Å². The summed E-state index contributed by atoms with van der Waals surface area (Å²) in [7, 11) is 3.93. The molecule has 0 unspecified atom stereocenters. The van der Waals surface area contributed by atoms with Crippen LogP contribution in [0.25, 0.3) is 0 Å². The van der Waals surface area contributed by atoms with E-state index in [0.717, 1.165) is 11.3 Å². The molecule has 4 heteroatoms. The van der Waals surface area contributed by atoms with Crippen LogP contribution in [0.4, 0.5) is 5.69 Å². The fourth-order valence-corrected chi connectivity index (χ4v) is 1.49. The van der Waals surface area contributed by atoms with Crippen molar-refractivity contribution in [3.63, 3.8) is 0 Å². The number of anilines is 1. The Hall–Kier alpha value is -1.55. The summed E-state index contributed by atoms with van der Waals surface area (Å²) in [5.41, 5.74) is 7.51. The second kappa shape index (κ2) is 5.51. The summed E-state index contributed by atoms with van der Waals surface area (Å²) in [5.74, 6) is -1.33. The number of nitrogens with two attached hydrogens (primary N) is 1. The van der Waals surface area contributed by atoms with Gasteiger partial charge in [0.15, 0.2) is 0 Å². The van der Waals surface area contributed by atoms with E-state index in [0.29, 0.717) is 6.42 Å². The van der Waals surface area contributed by atoms with Gasteiger partial charge >= 0.3 is 5.97 Å². The standard InChI is InChI=1S/C12H18N2O2/c1-14(2)11-5-3-9(4-6-11)7-10(8-13)12(15)16/h3-6,10H,7-8,13H2,1-2H3,(H,15,16)/t10-/m0/s1. The molecule has 0 aliphatic rings. The Bertz CT molecular complexity index is 347. The van der Waals surface area contributed by atoms with Crippen molar-refractivity contribution in [3.8, 4) is 0 Å². The van der Waals surface area contributed by atoms with Crippen LogP contribution >= 0.6 is 0 Å². The van der Waals surface area contributed by atoms with Crippen molar-refractivity contribution in [2.24, 2.45) is 11.7 Å². The van der Waals surface area contributed by atoms with Gasteiger partial charge in [-0.1, -0.05) is 12.1 Å². The summed E-state index contributed by atoms with van der Waals surface area (Å²) in [6.07, 6.45) is 0.486. The number of nitrogens with zero attached hydrogens (tertiary/aromatic N) is 1. The van der Waals surface area contributed by atoms with E-state index in [-0.39, 0.29) is 6.54 Å². The van der Waals surface area contributed by atoms with Gasteiger partial charge in [0.2, 0.25) is 0 Å². The van der Waals surface area contributed by atoms with Gasteiger partial charge < -0.3 is 15.7 Å². The molecule has 0 aliphatic heterocycles. The monoisotopic (exact) mass is 222 g/mol. The molecule has 0 aliphatic carbocycles. The van der Waals surface area contributed by atoms with Crippen LogP contribution in [0.2, 0.25) is 0 Å². The Labute approximate surface area is 95.7 Å². The second-order valence-electron chi connectivity index (χ2n) is 4.04. The average Bonchev–Trinajstić information content (AvgIpc) is 2.26. The Morgan fingerprint density at radius 2 is 1.94 bits per heavy atom. The number of carbonyl (C=O) groups is 1. The first-order valence-corrected chi connectivity index (χ1v) is 5.23. The third kappa shape index (κ3) is 3.24. The fourth-order valence-electron chi connectivity index (χ4n) is 1.49. The zero-order valence-corrected chi connectivity index (χ0v) is 9.68. The van der Waals surface area contributed by atoms with Crippen molar-refractivity contribution in [1.29, 1.82) is 0 Å². The van der Waals surface area contributed by atoms with E-state index in [1.165, 1.54) is 0 Å². The molecule has 16 heavy (non-hydrogen) atoms. The molecule has 0 bridgehead atoms. The molecule has 0 heterocycles. The van der Waals surface area contributed by atoms with Gasteiger partial charge in [0.05, 0.1) is 5.92 Å². The number of carboxylic acid groups (broad SMARTS) is 1. The molecule has 88 valence electrons. The highest BCUT2D eigenvalue weighted by molar-refractivity contribution is 5.70. The molecule has 3 N–H and O–H groups in total. The van der Waals surface area contributed by atoms with Crippen LogP contribution in [0.15, 0.2) is 24.3 Å². The molecule has 1 rings (SSSR count). The maximum atomic E-state index is 10.8.